The number of amides is 1. The van der Waals surface area contributed by atoms with E-state index in [0.29, 0.717) is 29.8 Å². The minimum absolute atomic E-state index is 0.0791. The number of halogens is 1. The second-order valence-electron chi connectivity index (χ2n) is 5.58. The highest BCUT2D eigenvalue weighted by atomic mass is 35.5. The van der Waals surface area contributed by atoms with Crippen LogP contribution in [0, 0.1) is 6.92 Å². The number of fused-ring (bicyclic) bond motifs is 3. The van der Waals surface area contributed by atoms with Gasteiger partial charge in [-0.1, -0.05) is 23.2 Å². The molecule has 0 fully saturated rings. The molecule has 0 atom stereocenters. The summed E-state index contributed by atoms with van der Waals surface area (Å²) in [4.78, 5) is 17.4. The molecule has 0 saturated heterocycles. The molecule has 0 saturated carbocycles. The Morgan fingerprint density at radius 3 is 2.96 bits per heavy atom. The molecule has 0 bridgehead atoms. The number of nitrogens with one attached hydrogen (secondary N) is 1. The van der Waals surface area contributed by atoms with Crippen LogP contribution < -0.4 is 5.32 Å². The molecule has 1 amide bonds. The lowest BCUT2D eigenvalue weighted by Gasteiger charge is -2.03. The Morgan fingerprint density at radius 1 is 1.33 bits per heavy atom. The summed E-state index contributed by atoms with van der Waals surface area (Å²) >= 11 is 7.76. The van der Waals surface area contributed by atoms with E-state index in [0.717, 1.165) is 33.0 Å². The Morgan fingerprint density at radius 2 is 2.17 bits per heavy atom. The fourth-order valence-corrected chi connectivity index (χ4v) is 3.96. The van der Waals surface area contributed by atoms with Crippen molar-refractivity contribution >= 4 is 49.8 Å². The Bertz CT molecular complexity index is 891. The van der Waals surface area contributed by atoms with Crippen LogP contribution in [0.5, 0.6) is 0 Å². The van der Waals surface area contributed by atoms with Gasteiger partial charge >= 0.3 is 0 Å². The van der Waals surface area contributed by atoms with Crippen molar-refractivity contribution in [3.05, 3.63) is 39.9 Å². The van der Waals surface area contributed by atoms with Gasteiger partial charge in [-0.3, -0.25) is 4.79 Å². The first-order valence-electron chi connectivity index (χ1n) is 7.95. The van der Waals surface area contributed by atoms with Gasteiger partial charge in [0.2, 0.25) is 0 Å². The average molecular weight is 363 g/mol. The highest BCUT2D eigenvalue weighted by Gasteiger charge is 2.15. The van der Waals surface area contributed by atoms with Gasteiger partial charge in [0.05, 0.1) is 10.4 Å². The molecule has 6 heteroatoms. The Balaban J connectivity index is 1.87. The highest BCUT2D eigenvalue weighted by molar-refractivity contribution is 7.21. The summed E-state index contributed by atoms with van der Waals surface area (Å²) in [6.07, 6.45) is 0.801. The van der Waals surface area contributed by atoms with Crippen molar-refractivity contribution in [3.63, 3.8) is 0 Å². The van der Waals surface area contributed by atoms with Gasteiger partial charge in [0.1, 0.15) is 5.15 Å². The van der Waals surface area contributed by atoms with Gasteiger partial charge in [0, 0.05) is 35.2 Å². The molecule has 0 radical (unpaired) electrons. The smallest absolute Gasteiger partial charge is 0.261 e. The normalized spacial score (nSPS) is 11.3. The van der Waals surface area contributed by atoms with Crippen LogP contribution in [0.25, 0.3) is 21.0 Å². The molecular weight excluding hydrogens is 344 g/mol. The Hall–Kier alpha value is -1.69. The summed E-state index contributed by atoms with van der Waals surface area (Å²) in [6, 6.07) is 7.89. The van der Waals surface area contributed by atoms with Gasteiger partial charge in [-0.2, -0.15) is 0 Å². The zero-order valence-corrected chi connectivity index (χ0v) is 15.3. The molecular formula is C18H19ClN2O2S. The van der Waals surface area contributed by atoms with Crippen LogP contribution in [-0.4, -0.2) is 30.6 Å². The maximum atomic E-state index is 12.4. The number of carbonyl (C=O) groups excluding carboxylic acids is 1. The van der Waals surface area contributed by atoms with Crippen LogP contribution in [0.4, 0.5) is 0 Å². The van der Waals surface area contributed by atoms with Crippen molar-refractivity contribution in [2.45, 2.75) is 20.3 Å². The number of hydrogen-bond acceptors (Lipinski definition) is 4. The minimum Gasteiger partial charge on any atom is -0.382 e. The maximum absolute atomic E-state index is 12.4. The number of hydrogen-bond donors (Lipinski definition) is 1. The lowest BCUT2D eigenvalue weighted by Crippen LogP contribution is -2.24. The van der Waals surface area contributed by atoms with Crippen molar-refractivity contribution < 1.29 is 9.53 Å². The monoisotopic (exact) mass is 362 g/mol. The summed E-state index contributed by atoms with van der Waals surface area (Å²) in [5.74, 6) is -0.0791. The van der Waals surface area contributed by atoms with Crippen molar-refractivity contribution in [1.82, 2.24) is 10.3 Å². The summed E-state index contributed by atoms with van der Waals surface area (Å²) < 4.78 is 6.28. The fourth-order valence-electron chi connectivity index (χ4n) is 2.56. The maximum Gasteiger partial charge on any atom is 0.261 e. The molecule has 1 aromatic carbocycles. The number of pyridine rings is 1. The number of aromatic nitrogens is 1. The van der Waals surface area contributed by atoms with E-state index < -0.39 is 0 Å². The zero-order chi connectivity index (χ0) is 17.1. The third-order valence-corrected chi connectivity index (χ3v) is 5.20. The number of carbonyl (C=O) groups is 1. The third-order valence-electron chi connectivity index (χ3n) is 3.75. The Kier molecular flexibility index (Phi) is 5.33. The molecule has 2 aromatic heterocycles. The van der Waals surface area contributed by atoms with E-state index in [1.54, 1.807) is 0 Å². The molecule has 1 N–H and O–H groups in total. The van der Waals surface area contributed by atoms with Crippen LogP contribution in [0.3, 0.4) is 0 Å². The van der Waals surface area contributed by atoms with Gasteiger partial charge in [0.15, 0.2) is 0 Å². The molecule has 0 aliphatic rings. The standard InChI is InChI=1S/C18H19ClN2O2S/c1-3-23-8-4-7-20-18(22)15-10-13-16(24-15)12-9-11(2)5-6-14(12)21-17(13)19/h5-6,9-10H,3-4,7-8H2,1-2H3,(H,20,22). The van der Waals surface area contributed by atoms with E-state index in [1.165, 1.54) is 11.3 Å². The van der Waals surface area contributed by atoms with Crippen LogP contribution in [0.1, 0.15) is 28.6 Å². The molecule has 4 nitrogen and oxygen atoms in total. The number of nitrogens with zero attached hydrogens (tertiary/aromatic N) is 1. The third kappa shape index (κ3) is 3.53. The predicted octanol–water partition coefficient (Wildman–Crippen LogP) is 4.57. The zero-order valence-electron chi connectivity index (χ0n) is 13.7. The van der Waals surface area contributed by atoms with E-state index in [1.807, 2.05) is 32.0 Å². The lowest BCUT2D eigenvalue weighted by molar-refractivity contribution is 0.0948. The molecule has 2 heterocycles. The molecule has 3 aromatic rings. The largest absolute Gasteiger partial charge is 0.382 e. The first-order valence-corrected chi connectivity index (χ1v) is 9.15. The summed E-state index contributed by atoms with van der Waals surface area (Å²) in [6.45, 7) is 5.95. The summed E-state index contributed by atoms with van der Waals surface area (Å²) in [5, 5.41) is 5.23. The number of benzene rings is 1. The quantitative estimate of drug-likeness (QED) is 0.516. The first-order chi connectivity index (χ1) is 11.6. The number of aryl methyl sites for hydroxylation is 1. The van der Waals surface area contributed by atoms with Crippen LogP contribution >= 0.6 is 22.9 Å². The highest BCUT2D eigenvalue weighted by Crippen LogP contribution is 2.36. The van der Waals surface area contributed by atoms with Crippen LogP contribution in [-0.2, 0) is 4.74 Å². The van der Waals surface area contributed by atoms with E-state index in [4.69, 9.17) is 16.3 Å². The molecule has 3 rings (SSSR count). The number of ether oxygens (including phenoxy) is 1. The van der Waals surface area contributed by atoms with Gasteiger partial charge < -0.3 is 10.1 Å². The SMILES string of the molecule is CCOCCCNC(=O)c1cc2c(Cl)nc3ccc(C)cc3c2s1. The summed E-state index contributed by atoms with van der Waals surface area (Å²) in [5.41, 5.74) is 2.01. The van der Waals surface area contributed by atoms with Gasteiger partial charge in [-0.15, -0.1) is 11.3 Å². The van der Waals surface area contributed by atoms with Crippen molar-refractivity contribution in [3.8, 4) is 0 Å². The van der Waals surface area contributed by atoms with Gasteiger partial charge in [0.25, 0.3) is 5.91 Å². The fraction of sp³-hybridized carbons (Fsp3) is 0.333. The predicted molar refractivity (Wildman–Crippen MR) is 100 cm³/mol. The second kappa shape index (κ2) is 7.47. The molecule has 0 aliphatic carbocycles. The molecule has 0 unspecified atom stereocenters. The topological polar surface area (TPSA) is 51.2 Å². The average Bonchev–Trinajstić information content (AvgIpc) is 3.02. The van der Waals surface area contributed by atoms with Crippen LogP contribution in [0.15, 0.2) is 24.3 Å². The second-order valence-corrected chi connectivity index (χ2v) is 6.99. The lowest BCUT2D eigenvalue weighted by atomic mass is 10.1. The van der Waals surface area contributed by atoms with Crippen molar-refractivity contribution in [2.75, 3.05) is 19.8 Å². The number of rotatable bonds is 6. The van der Waals surface area contributed by atoms with E-state index in [-0.39, 0.29) is 5.91 Å². The van der Waals surface area contributed by atoms with Crippen molar-refractivity contribution in [1.29, 1.82) is 0 Å². The molecule has 24 heavy (non-hydrogen) atoms. The van der Waals surface area contributed by atoms with Gasteiger partial charge in [-0.25, -0.2) is 4.98 Å². The van der Waals surface area contributed by atoms with Crippen molar-refractivity contribution in [2.24, 2.45) is 0 Å². The Labute approximate surface area is 149 Å². The molecule has 0 aliphatic heterocycles. The minimum atomic E-state index is -0.0791. The van der Waals surface area contributed by atoms with E-state index >= 15 is 0 Å². The number of thiophene rings is 1. The molecule has 126 valence electrons. The molecule has 0 spiro atoms. The van der Waals surface area contributed by atoms with E-state index in [9.17, 15) is 4.79 Å². The van der Waals surface area contributed by atoms with Crippen LogP contribution in [0.2, 0.25) is 5.15 Å². The summed E-state index contributed by atoms with van der Waals surface area (Å²) in [7, 11) is 0. The van der Waals surface area contributed by atoms with Gasteiger partial charge in [-0.05, 0) is 38.5 Å². The first kappa shape index (κ1) is 17.1. The van der Waals surface area contributed by atoms with E-state index in [2.05, 4.69) is 16.4 Å².